The molecule has 0 radical (unpaired) electrons. The molecule has 144 valence electrons. The van der Waals surface area contributed by atoms with Crippen molar-refractivity contribution in [2.45, 2.75) is 26.3 Å². The van der Waals surface area contributed by atoms with Crippen LogP contribution in [-0.2, 0) is 24.2 Å². The van der Waals surface area contributed by atoms with E-state index in [4.69, 9.17) is 14.5 Å². The van der Waals surface area contributed by atoms with Crippen molar-refractivity contribution in [2.75, 3.05) is 25.5 Å². The molecule has 4 heterocycles. The fourth-order valence-corrected chi connectivity index (χ4v) is 3.38. The fraction of sp³-hybridized carbons (Fsp3) is 0.350. The summed E-state index contributed by atoms with van der Waals surface area (Å²) in [4.78, 5) is 30.2. The molecule has 0 atom stereocenters. The highest BCUT2D eigenvalue weighted by molar-refractivity contribution is 5.78. The van der Waals surface area contributed by atoms with Gasteiger partial charge in [-0.15, -0.1) is 0 Å². The van der Waals surface area contributed by atoms with Gasteiger partial charge in [0.05, 0.1) is 24.4 Å². The van der Waals surface area contributed by atoms with E-state index in [1.54, 1.807) is 18.5 Å². The van der Waals surface area contributed by atoms with Gasteiger partial charge in [0.2, 0.25) is 5.91 Å². The Morgan fingerprint density at radius 1 is 1.25 bits per heavy atom. The van der Waals surface area contributed by atoms with Crippen LogP contribution >= 0.6 is 0 Å². The molecule has 28 heavy (non-hydrogen) atoms. The van der Waals surface area contributed by atoms with Crippen molar-refractivity contribution in [1.82, 2.24) is 25.0 Å². The molecule has 0 saturated heterocycles. The second kappa shape index (κ2) is 7.38. The van der Waals surface area contributed by atoms with Crippen LogP contribution in [0.25, 0.3) is 11.4 Å². The molecular weight excluding hydrogens is 356 g/mol. The molecule has 3 aromatic heterocycles. The molecule has 1 aliphatic heterocycles. The molecule has 1 amide bonds. The number of pyridine rings is 1. The van der Waals surface area contributed by atoms with E-state index in [0.717, 1.165) is 34.8 Å². The summed E-state index contributed by atoms with van der Waals surface area (Å²) in [6, 6.07) is 5.57. The number of hydrogen-bond donors (Lipinski definition) is 0. The average Bonchev–Trinajstić information content (AvgIpc) is 3.11. The number of aromatic nitrogens is 4. The molecule has 4 rings (SSSR count). The third kappa shape index (κ3) is 3.58. The number of carbonyl (C=O) groups is 1. The number of rotatable bonds is 4. The van der Waals surface area contributed by atoms with Crippen LogP contribution in [-0.4, -0.2) is 51.6 Å². The SMILES string of the molecule is Cc1cc(CC(=O)N2CCc3c(nc(-c4ccncc4)nc3N(C)C)C2)on1. The predicted octanol–water partition coefficient (Wildman–Crippen LogP) is 2.03. The Kier molecular flexibility index (Phi) is 4.77. The first kappa shape index (κ1) is 18.1. The molecule has 0 aromatic carbocycles. The lowest BCUT2D eigenvalue weighted by Crippen LogP contribution is -2.38. The summed E-state index contributed by atoms with van der Waals surface area (Å²) < 4.78 is 5.19. The van der Waals surface area contributed by atoms with Crippen LogP contribution in [0.4, 0.5) is 5.82 Å². The summed E-state index contributed by atoms with van der Waals surface area (Å²) in [7, 11) is 3.95. The average molecular weight is 378 g/mol. The highest BCUT2D eigenvalue weighted by atomic mass is 16.5. The number of nitrogens with zero attached hydrogens (tertiary/aromatic N) is 6. The second-order valence-electron chi connectivity index (χ2n) is 7.10. The van der Waals surface area contributed by atoms with Crippen LogP contribution in [0.1, 0.15) is 22.7 Å². The summed E-state index contributed by atoms with van der Waals surface area (Å²) in [6.07, 6.45) is 4.38. The largest absolute Gasteiger partial charge is 0.362 e. The van der Waals surface area contributed by atoms with E-state index in [2.05, 4.69) is 10.1 Å². The molecule has 0 fully saturated rings. The Morgan fingerprint density at radius 3 is 2.71 bits per heavy atom. The molecule has 8 heteroatoms. The maximum absolute atomic E-state index is 12.7. The van der Waals surface area contributed by atoms with E-state index < -0.39 is 0 Å². The van der Waals surface area contributed by atoms with Crippen LogP contribution in [0.15, 0.2) is 35.1 Å². The van der Waals surface area contributed by atoms with Gasteiger partial charge in [0.15, 0.2) is 5.82 Å². The van der Waals surface area contributed by atoms with Crippen molar-refractivity contribution in [3.8, 4) is 11.4 Å². The number of fused-ring (bicyclic) bond motifs is 1. The normalized spacial score (nSPS) is 13.3. The third-order valence-corrected chi connectivity index (χ3v) is 4.76. The van der Waals surface area contributed by atoms with Gasteiger partial charge in [-0.2, -0.15) is 0 Å². The number of anilines is 1. The van der Waals surface area contributed by atoms with Crippen LogP contribution in [0.2, 0.25) is 0 Å². The zero-order chi connectivity index (χ0) is 19.7. The molecule has 0 N–H and O–H groups in total. The Morgan fingerprint density at radius 2 is 2.04 bits per heavy atom. The summed E-state index contributed by atoms with van der Waals surface area (Å²) in [5.74, 6) is 2.14. The molecule has 3 aromatic rings. The van der Waals surface area contributed by atoms with E-state index in [-0.39, 0.29) is 12.3 Å². The molecule has 8 nitrogen and oxygen atoms in total. The van der Waals surface area contributed by atoms with Crippen molar-refractivity contribution in [2.24, 2.45) is 0 Å². The lowest BCUT2D eigenvalue weighted by Gasteiger charge is -2.30. The summed E-state index contributed by atoms with van der Waals surface area (Å²) >= 11 is 0. The van der Waals surface area contributed by atoms with Gasteiger partial charge in [-0.3, -0.25) is 9.78 Å². The van der Waals surface area contributed by atoms with Gasteiger partial charge < -0.3 is 14.3 Å². The molecule has 1 aliphatic rings. The first-order valence-electron chi connectivity index (χ1n) is 9.18. The van der Waals surface area contributed by atoms with Crippen LogP contribution in [0.5, 0.6) is 0 Å². The number of hydrogen-bond acceptors (Lipinski definition) is 7. The van der Waals surface area contributed by atoms with Gasteiger partial charge in [-0.05, 0) is 25.5 Å². The van der Waals surface area contributed by atoms with Crippen molar-refractivity contribution in [1.29, 1.82) is 0 Å². The Balaban J connectivity index is 1.63. The molecule has 0 bridgehead atoms. The lowest BCUT2D eigenvalue weighted by atomic mass is 10.0. The maximum atomic E-state index is 12.7. The second-order valence-corrected chi connectivity index (χ2v) is 7.10. The summed E-state index contributed by atoms with van der Waals surface area (Å²) in [5.41, 5.74) is 3.67. The number of amides is 1. The van der Waals surface area contributed by atoms with Crippen molar-refractivity contribution in [3.63, 3.8) is 0 Å². The van der Waals surface area contributed by atoms with Gasteiger partial charge in [-0.25, -0.2) is 9.97 Å². The minimum absolute atomic E-state index is 0.0114. The molecular formula is C20H22N6O2. The van der Waals surface area contributed by atoms with E-state index in [1.807, 2.05) is 43.0 Å². The third-order valence-electron chi connectivity index (χ3n) is 4.76. The van der Waals surface area contributed by atoms with Crippen molar-refractivity contribution < 1.29 is 9.32 Å². The topological polar surface area (TPSA) is 88.3 Å². The molecule has 0 unspecified atom stereocenters. The van der Waals surface area contributed by atoms with Crippen LogP contribution < -0.4 is 4.90 Å². The smallest absolute Gasteiger partial charge is 0.230 e. The van der Waals surface area contributed by atoms with Crippen LogP contribution in [0, 0.1) is 6.92 Å². The minimum atomic E-state index is 0.0114. The van der Waals surface area contributed by atoms with Gasteiger partial charge >= 0.3 is 0 Å². The van der Waals surface area contributed by atoms with E-state index in [0.29, 0.717) is 24.7 Å². The molecule has 0 spiro atoms. The van der Waals surface area contributed by atoms with E-state index in [9.17, 15) is 4.79 Å². The highest BCUT2D eigenvalue weighted by Crippen LogP contribution is 2.28. The van der Waals surface area contributed by atoms with Gasteiger partial charge in [-0.1, -0.05) is 5.16 Å². The standard InChI is InChI=1S/C20H22N6O2/c1-13-10-15(28-24-13)11-18(27)26-9-6-16-17(12-26)22-19(23-20(16)25(2)3)14-4-7-21-8-5-14/h4-5,7-8,10H,6,9,11-12H2,1-3H3. The summed E-state index contributed by atoms with van der Waals surface area (Å²) in [5, 5.41) is 3.85. The molecule has 0 aliphatic carbocycles. The summed E-state index contributed by atoms with van der Waals surface area (Å²) in [6.45, 7) is 2.94. The highest BCUT2D eigenvalue weighted by Gasteiger charge is 2.27. The van der Waals surface area contributed by atoms with Gasteiger partial charge in [0.1, 0.15) is 11.6 Å². The Labute approximate surface area is 163 Å². The zero-order valence-electron chi connectivity index (χ0n) is 16.2. The Hall–Kier alpha value is -3.29. The zero-order valence-corrected chi connectivity index (χ0v) is 16.2. The Bertz CT molecular complexity index is 999. The maximum Gasteiger partial charge on any atom is 0.230 e. The minimum Gasteiger partial charge on any atom is -0.362 e. The first-order chi connectivity index (χ1) is 13.5. The lowest BCUT2D eigenvalue weighted by molar-refractivity contribution is -0.131. The van der Waals surface area contributed by atoms with Crippen LogP contribution in [0.3, 0.4) is 0 Å². The van der Waals surface area contributed by atoms with E-state index in [1.165, 1.54) is 0 Å². The molecule has 0 saturated carbocycles. The van der Waals surface area contributed by atoms with Gasteiger partial charge in [0.25, 0.3) is 0 Å². The quantitative estimate of drug-likeness (QED) is 0.686. The van der Waals surface area contributed by atoms with Gasteiger partial charge in [0, 0.05) is 50.2 Å². The number of aryl methyl sites for hydroxylation is 1. The van der Waals surface area contributed by atoms with E-state index >= 15 is 0 Å². The van der Waals surface area contributed by atoms with Crippen molar-refractivity contribution >= 4 is 11.7 Å². The number of carbonyl (C=O) groups excluding carboxylic acids is 1. The fourth-order valence-electron chi connectivity index (χ4n) is 3.38. The predicted molar refractivity (Wildman–Crippen MR) is 104 cm³/mol. The first-order valence-corrected chi connectivity index (χ1v) is 9.18. The monoisotopic (exact) mass is 378 g/mol. The van der Waals surface area contributed by atoms with Crippen molar-refractivity contribution in [3.05, 3.63) is 53.3 Å².